The fraction of sp³-hybridized carbons (Fsp3) is 0.294. The van der Waals surface area contributed by atoms with Crippen molar-refractivity contribution in [3.8, 4) is 11.5 Å². The highest BCUT2D eigenvalue weighted by Crippen LogP contribution is 2.49. The van der Waals surface area contributed by atoms with Crippen LogP contribution in [0, 0.1) is 13.8 Å². The second-order valence-corrected chi connectivity index (χ2v) is 6.68. The van der Waals surface area contributed by atoms with E-state index >= 15 is 0 Å². The van der Waals surface area contributed by atoms with Crippen LogP contribution in [0.4, 0.5) is 0 Å². The van der Waals surface area contributed by atoms with Crippen LogP contribution in [0.15, 0.2) is 34.8 Å². The van der Waals surface area contributed by atoms with Crippen LogP contribution in [0.5, 0.6) is 11.5 Å². The van der Waals surface area contributed by atoms with Crippen LogP contribution in [0.1, 0.15) is 36.1 Å². The lowest BCUT2D eigenvalue weighted by molar-refractivity contribution is 0.417. The van der Waals surface area contributed by atoms with Gasteiger partial charge in [-0.15, -0.1) is 0 Å². The molecule has 0 spiro atoms. The average Bonchev–Trinajstić information content (AvgIpc) is 2.32. The molecular formula is C17H17BrO. The SMILES string of the molecule is Cc1ccc2c(c1)Oc1cc(C)c(Br)cc1C2(C)C. The zero-order chi connectivity index (χ0) is 13.8. The van der Waals surface area contributed by atoms with Gasteiger partial charge in [0.2, 0.25) is 0 Å². The first-order valence-electron chi connectivity index (χ1n) is 6.49. The Bertz CT molecular complexity index is 671. The smallest absolute Gasteiger partial charge is 0.131 e. The first kappa shape index (κ1) is 12.7. The van der Waals surface area contributed by atoms with Crippen molar-refractivity contribution in [3.63, 3.8) is 0 Å². The highest BCUT2D eigenvalue weighted by atomic mass is 79.9. The monoisotopic (exact) mass is 316 g/mol. The molecule has 0 amide bonds. The Kier molecular flexibility index (Phi) is 2.75. The summed E-state index contributed by atoms with van der Waals surface area (Å²) in [6.45, 7) is 8.69. The van der Waals surface area contributed by atoms with Gasteiger partial charge in [-0.3, -0.25) is 0 Å². The number of aryl methyl sites for hydroxylation is 2. The molecule has 0 bridgehead atoms. The highest BCUT2D eigenvalue weighted by Gasteiger charge is 2.34. The Hall–Kier alpha value is -1.28. The van der Waals surface area contributed by atoms with Crippen molar-refractivity contribution in [2.75, 3.05) is 0 Å². The third-order valence-corrected chi connectivity index (χ3v) is 4.82. The Morgan fingerprint density at radius 1 is 0.947 bits per heavy atom. The summed E-state index contributed by atoms with van der Waals surface area (Å²) in [4.78, 5) is 0. The lowest BCUT2D eigenvalue weighted by atomic mass is 9.75. The third kappa shape index (κ3) is 1.90. The van der Waals surface area contributed by atoms with Gasteiger partial charge >= 0.3 is 0 Å². The number of halogens is 1. The molecule has 1 nitrogen and oxygen atoms in total. The average molecular weight is 317 g/mol. The van der Waals surface area contributed by atoms with Gasteiger partial charge in [0.05, 0.1) is 0 Å². The quantitative estimate of drug-likeness (QED) is 0.623. The van der Waals surface area contributed by atoms with Crippen LogP contribution in [0.3, 0.4) is 0 Å². The molecule has 0 N–H and O–H groups in total. The van der Waals surface area contributed by atoms with Gasteiger partial charge < -0.3 is 4.74 Å². The second-order valence-electron chi connectivity index (χ2n) is 5.82. The van der Waals surface area contributed by atoms with Crippen molar-refractivity contribution in [1.29, 1.82) is 0 Å². The molecule has 1 heterocycles. The van der Waals surface area contributed by atoms with Crippen LogP contribution in [0.25, 0.3) is 0 Å². The molecule has 0 radical (unpaired) electrons. The molecule has 1 aliphatic rings. The van der Waals surface area contributed by atoms with Crippen LogP contribution >= 0.6 is 15.9 Å². The van der Waals surface area contributed by atoms with Crippen molar-refractivity contribution in [1.82, 2.24) is 0 Å². The Labute approximate surface area is 122 Å². The van der Waals surface area contributed by atoms with E-state index in [2.05, 4.69) is 74.0 Å². The van der Waals surface area contributed by atoms with Gasteiger partial charge in [-0.05, 0) is 43.2 Å². The molecule has 0 aromatic heterocycles. The van der Waals surface area contributed by atoms with E-state index < -0.39 is 0 Å². The maximum absolute atomic E-state index is 6.11. The van der Waals surface area contributed by atoms with Crippen molar-refractivity contribution in [2.24, 2.45) is 0 Å². The molecule has 0 unspecified atom stereocenters. The topological polar surface area (TPSA) is 9.23 Å². The van der Waals surface area contributed by atoms with E-state index in [9.17, 15) is 0 Å². The first-order valence-corrected chi connectivity index (χ1v) is 7.28. The van der Waals surface area contributed by atoms with Crippen molar-refractivity contribution in [2.45, 2.75) is 33.1 Å². The van der Waals surface area contributed by atoms with Gasteiger partial charge in [0, 0.05) is 21.0 Å². The van der Waals surface area contributed by atoms with E-state index in [-0.39, 0.29) is 5.41 Å². The normalized spacial score (nSPS) is 15.4. The third-order valence-electron chi connectivity index (χ3n) is 3.96. The highest BCUT2D eigenvalue weighted by molar-refractivity contribution is 9.10. The number of benzene rings is 2. The molecule has 2 heteroatoms. The summed E-state index contributed by atoms with van der Waals surface area (Å²) in [5, 5.41) is 0. The van der Waals surface area contributed by atoms with Crippen LogP contribution < -0.4 is 4.74 Å². The lowest BCUT2D eigenvalue weighted by Gasteiger charge is -2.35. The zero-order valence-corrected chi connectivity index (χ0v) is 13.3. The van der Waals surface area contributed by atoms with Crippen LogP contribution in [-0.2, 0) is 5.41 Å². The number of hydrogen-bond acceptors (Lipinski definition) is 1. The van der Waals surface area contributed by atoms with E-state index in [1.807, 2.05) is 0 Å². The summed E-state index contributed by atoms with van der Waals surface area (Å²) < 4.78 is 7.25. The van der Waals surface area contributed by atoms with Crippen LogP contribution in [-0.4, -0.2) is 0 Å². The van der Waals surface area contributed by atoms with Gasteiger partial charge in [-0.2, -0.15) is 0 Å². The first-order chi connectivity index (χ1) is 8.89. The standard InChI is InChI=1S/C17H17BrO/c1-10-5-6-12-15(7-10)19-16-8-11(2)14(18)9-13(16)17(12,3)4/h5-9H,1-4H3. The maximum atomic E-state index is 6.11. The summed E-state index contributed by atoms with van der Waals surface area (Å²) in [7, 11) is 0. The van der Waals surface area contributed by atoms with Crippen molar-refractivity contribution < 1.29 is 4.74 Å². The Morgan fingerprint density at radius 3 is 2.37 bits per heavy atom. The van der Waals surface area contributed by atoms with Gasteiger partial charge in [-0.25, -0.2) is 0 Å². The maximum Gasteiger partial charge on any atom is 0.131 e. The Morgan fingerprint density at radius 2 is 1.63 bits per heavy atom. The van der Waals surface area contributed by atoms with E-state index in [1.165, 1.54) is 22.3 Å². The largest absolute Gasteiger partial charge is 0.457 e. The van der Waals surface area contributed by atoms with E-state index in [0.717, 1.165) is 16.0 Å². The minimum absolute atomic E-state index is 0.0349. The van der Waals surface area contributed by atoms with E-state index in [1.54, 1.807) is 0 Å². The molecule has 3 rings (SSSR count). The van der Waals surface area contributed by atoms with Crippen LogP contribution in [0.2, 0.25) is 0 Å². The zero-order valence-electron chi connectivity index (χ0n) is 11.7. The van der Waals surface area contributed by atoms with Crippen molar-refractivity contribution in [3.05, 3.63) is 57.1 Å². The molecule has 0 fully saturated rings. The predicted molar refractivity (Wildman–Crippen MR) is 82.3 cm³/mol. The number of hydrogen-bond donors (Lipinski definition) is 0. The van der Waals surface area contributed by atoms with Crippen molar-refractivity contribution >= 4 is 15.9 Å². The Balaban J connectivity index is 2.27. The molecule has 2 aromatic carbocycles. The van der Waals surface area contributed by atoms with Gasteiger partial charge in [0.25, 0.3) is 0 Å². The van der Waals surface area contributed by atoms with E-state index in [0.29, 0.717) is 0 Å². The molecular weight excluding hydrogens is 300 g/mol. The molecule has 0 aliphatic carbocycles. The summed E-state index contributed by atoms with van der Waals surface area (Å²) in [6.07, 6.45) is 0. The lowest BCUT2D eigenvalue weighted by Crippen LogP contribution is -2.24. The number of fused-ring (bicyclic) bond motifs is 2. The molecule has 0 saturated carbocycles. The minimum atomic E-state index is -0.0349. The molecule has 19 heavy (non-hydrogen) atoms. The fourth-order valence-corrected chi connectivity index (χ4v) is 3.07. The number of ether oxygens (including phenoxy) is 1. The minimum Gasteiger partial charge on any atom is -0.457 e. The molecule has 98 valence electrons. The van der Waals surface area contributed by atoms with Gasteiger partial charge in [-0.1, -0.05) is 41.9 Å². The summed E-state index contributed by atoms with van der Waals surface area (Å²) >= 11 is 3.62. The summed E-state index contributed by atoms with van der Waals surface area (Å²) in [5.41, 5.74) is 4.88. The number of rotatable bonds is 0. The van der Waals surface area contributed by atoms with Gasteiger partial charge in [0.15, 0.2) is 0 Å². The fourth-order valence-electron chi connectivity index (χ4n) is 2.72. The molecule has 0 saturated heterocycles. The van der Waals surface area contributed by atoms with Gasteiger partial charge in [0.1, 0.15) is 11.5 Å². The predicted octanol–water partition coefficient (Wildman–Crippen LogP) is 5.50. The summed E-state index contributed by atoms with van der Waals surface area (Å²) in [6, 6.07) is 10.8. The second kappa shape index (κ2) is 4.11. The molecule has 2 aromatic rings. The molecule has 0 atom stereocenters. The van der Waals surface area contributed by atoms with E-state index in [4.69, 9.17) is 4.74 Å². The molecule has 1 aliphatic heterocycles. The summed E-state index contributed by atoms with van der Waals surface area (Å²) in [5.74, 6) is 1.96.